The Hall–Kier alpha value is -3.39. The van der Waals surface area contributed by atoms with E-state index in [1.807, 2.05) is 36.4 Å². The van der Waals surface area contributed by atoms with Gasteiger partial charge in [0.2, 0.25) is 5.91 Å². The summed E-state index contributed by atoms with van der Waals surface area (Å²) in [4.78, 5) is 41.4. The largest absolute Gasteiger partial charge is 0.465 e. The molecule has 2 saturated heterocycles. The first-order chi connectivity index (χ1) is 16.4. The van der Waals surface area contributed by atoms with Crippen LogP contribution in [0.3, 0.4) is 0 Å². The monoisotopic (exact) mass is 465 g/mol. The molecule has 180 valence electrons. The van der Waals surface area contributed by atoms with E-state index in [1.165, 1.54) is 11.8 Å². The van der Waals surface area contributed by atoms with Crippen LogP contribution in [0.1, 0.15) is 30.4 Å². The van der Waals surface area contributed by atoms with E-state index in [0.717, 1.165) is 11.1 Å². The van der Waals surface area contributed by atoms with Crippen molar-refractivity contribution < 1.29 is 24.2 Å². The number of amides is 2. The van der Waals surface area contributed by atoms with E-state index in [4.69, 9.17) is 4.74 Å². The maximum Gasteiger partial charge on any atom is 0.407 e. The third-order valence-electron chi connectivity index (χ3n) is 6.74. The molecule has 2 aliphatic heterocycles. The first-order valence-electron chi connectivity index (χ1n) is 11.7. The van der Waals surface area contributed by atoms with Crippen molar-refractivity contribution in [2.45, 2.75) is 31.3 Å². The predicted octanol–water partition coefficient (Wildman–Crippen LogP) is 2.65. The molecular formula is C26H31N3O5. The molecule has 0 aromatic heterocycles. The second-order valence-corrected chi connectivity index (χ2v) is 8.88. The van der Waals surface area contributed by atoms with Crippen LogP contribution in [0, 0.1) is 0 Å². The van der Waals surface area contributed by atoms with Gasteiger partial charge in [0.05, 0.1) is 6.42 Å². The normalized spacial score (nSPS) is 20.6. The van der Waals surface area contributed by atoms with Gasteiger partial charge < -0.3 is 19.6 Å². The van der Waals surface area contributed by atoms with Crippen LogP contribution < -0.4 is 0 Å². The molecule has 2 atom stereocenters. The van der Waals surface area contributed by atoms with E-state index in [1.54, 1.807) is 4.90 Å². The summed E-state index contributed by atoms with van der Waals surface area (Å²) in [6.45, 7) is 3.83. The molecule has 2 aromatic rings. The van der Waals surface area contributed by atoms with Gasteiger partial charge in [-0.2, -0.15) is 0 Å². The maximum absolute atomic E-state index is 12.7. The van der Waals surface area contributed by atoms with E-state index in [0.29, 0.717) is 32.7 Å². The van der Waals surface area contributed by atoms with Crippen molar-refractivity contribution >= 4 is 18.0 Å². The lowest BCUT2D eigenvalue weighted by Gasteiger charge is -2.53. The van der Waals surface area contributed by atoms with Crippen LogP contribution in [0.4, 0.5) is 4.79 Å². The summed E-state index contributed by atoms with van der Waals surface area (Å²) < 4.78 is 4.92. The predicted molar refractivity (Wildman–Crippen MR) is 126 cm³/mol. The Kier molecular flexibility index (Phi) is 7.47. The molecule has 2 amide bonds. The number of esters is 1. The van der Waals surface area contributed by atoms with E-state index in [9.17, 15) is 19.5 Å². The third-order valence-corrected chi connectivity index (χ3v) is 6.74. The highest BCUT2D eigenvalue weighted by atomic mass is 16.5. The van der Waals surface area contributed by atoms with Crippen LogP contribution in [0.25, 0.3) is 0 Å². The zero-order valence-electron chi connectivity index (χ0n) is 19.4. The number of ether oxygens (including phenoxy) is 1. The van der Waals surface area contributed by atoms with Gasteiger partial charge in [-0.05, 0) is 11.1 Å². The van der Waals surface area contributed by atoms with E-state index < -0.39 is 12.1 Å². The fourth-order valence-corrected chi connectivity index (χ4v) is 5.21. The first kappa shape index (κ1) is 23.8. The molecule has 2 aliphatic rings. The quantitative estimate of drug-likeness (QED) is 0.660. The first-order valence-corrected chi connectivity index (χ1v) is 11.7. The number of piperazine rings is 2. The lowest BCUT2D eigenvalue weighted by molar-refractivity contribution is -0.144. The molecule has 0 spiro atoms. The van der Waals surface area contributed by atoms with Gasteiger partial charge in [0.1, 0.15) is 6.61 Å². The fourth-order valence-electron chi connectivity index (χ4n) is 5.21. The van der Waals surface area contributed by atoms with Crippen molar-refractivity contribution in [2.75, 3.05) is 39.3 Å². The number of fused-ring (bicyclic) bond motifs is 1. The van der Waals surface area contributed by atoms with Gasteiger partial charge in [0.15, 0.2) is 0 Å². The van der Waals surface area contributed by atoms with Gasteiger partial charge >= 0.3 is 12.1 Å². The number of carbonyl (C=O) groups is 3. The molecular weight excluding hydrogens is 434 g/mol. The van der Waals surface area contributed by atoms with Crippen molar-refractivity contribution in [3.8, 4) is 0 Å². The molecule has 1 N–H and O–H groups in total. The molecule has 8 heteroatoms. The number of carboxylic acid groups (broad SMARTS) is 1. The van der Waals surface area contributed by atoms with Crippen molar-refractivity contribution in [3.05, 3.63) is 71.8 Å². The Morgan fingerprint density at radius 2 is 1.50 bits per heavy atom. The molecule has 2 aromatic carbocycles. The van der Waals surface area contributed by atoms with Crippen LogP contribution in [0.5, 0.6) is 0 Å². The summed E-state index contributed by atoms with van der Waals surface area (Å²) in [6, 6.07) is 20.3. The Labute approximate surface area is 199 Å². The molecule has 1 unspecified atom stereocenters. The summed E-state index contributed by atoms with van der Waals surface area (Å²) >= 11 is 0. The highest BCUT2D eigenvalue weighted by molar-refractivity contribution is 5.77. The molecule has 0 radical (unpaired) electrons. The average Bonchev–Trinajstić information content (AvgIpc) is 2.84. The maximum atomic E-state index is 12.7. The highest BCUT2D eigenvalue weighted by Crippen LogP contribution is 2.35. The smallest absolute Gasteiger partial charge is 0.407 e. The van der Waals surface area contributed by atoms with Gasteiger partial charge in [-0.1, -0.05) is 60.7 Å². The summed E-state index contributed by atoms with van der Waals surface area (Å²) in [5.41, 5.74) is 2.29. The summed E-state index contributed by atoms with van der Waals surface area (Å²) in [5.74, 6) is -0.483. The molecule has 0 saturated carbocycles. The Balaban J connectivity index is 1.59. The Bertz CT molecular complexity index is 961. The van der Waals surface area contributed by atoms with Crippen molar-refractivity contribution in [1.82, 2.24) is 14.7 Å². The second-order valence-electron chi connectivity index (χ2n) is 8.88. The van der Waals surface area contributed by atoms with Crippen LogP contribution >= 0.6 is 0 Å². The van der Waals surface area contributed by atoms with Crippen molar-refractivity contribution in [2.24, 2.45) is 0 Å². The molecule has 4 rings (SSSR count). The molecule has 34 heavy (non-hydrogen) atoms. The molecule has 8 nitrogen and oxygen atoms in total. The minimum Gasteiger partial charge on any atom is -0.465 e. The third kappa shape index (κ3) is 5.39. The minimum atomic E-state index is -0.942. The van der Waals surface area contributed by atoms with E-state index >= 15 is 0 Å². The number of nitrogens with zero attached hydrogens (tertiary/aromatic N) is 3. The number of hydrogen-bond donors (Lipinski definition) is 1. The van der Waals surface area contributed by atoms with Crippen molar-refractivity contribution in [3.63, 3.8) is 0 Å². The highest BCUT2D eigenvalue weighted by Gasteiger charge is 2.44. The van der Waals surface area contributed by atoms with Crippen LogP contribution in [0.2, 0.25) is 0 Å². The van der Waals surface area contributed by atoms with Gasteiger partial charge in [-0.3, -0.25) is 14.5 Å². The zero-order chi connectivity index (χ0) is 24.1. The zero-order valence-corrected chi connectivity index (χ0v) is 19.4. The van der Waals surface area contributed by atoms with Crippen molar-refractivity contribution in [1.29, 1.82) is 0 Å². The van der Waals surface area contributed by atoms with Gasteiger partial charge in [0, 0.05) is 57.6 Å². The molecule has 0 aliphatic carbocycles. The number of carbonyl (C=O) groups excluding carboxylic acids is 2. The Morgan fingerprint density at radius 3 is 2.06 bits per heavy atom. The second kappa shape index (κ2) is 10.7. The minimum absolute atomic E-state index is 0.00160. The lowest BCUT2D eigenvalue weighted by Crippen LogP contribution is -2.68. The van der Waals surface area contributed by atoms with E-state index in [-0.39, 0.29) is 36.9 Å². The fraction of sp³-hybridized carbons (Fsp3) is 0.423. The average molecular weight is 466 g/mol. The number of hydrogen-bond acceptors (Lipinski definition) is 5. The summed E-state index contributed by atoms with van der Waals surface area (Å²) in [7, 11) is 0. The van der Waals surface area contributed by atoms with E-state index in [2.05, 4.69) is 29.2 Å². The summed E-state index contributed by atoms with van der Waals surface area (Å²) in [5, 5.41) is 9.89. The molecule has 2 fully saturated rings. The molecule has 0 bridgehead atoms. The molecule has 2 heterocycles. The topological polar surface area (TPSA) is 90.4 Å². The van der Waals surface area contributed by atoms with Crippen LogP contribution in [0.15, 0.2) is 60.7 Å². The Morgan fingerprint density at radius 1 is 0.912 bits per heavy atom. The standard InChI is InChI=1S/C26H31N3O5/c1-19(30)34-15-12-24(31)27-13-14-29-22(16-27)17-28(26(32)33)18-23(29)25(20-8-4-2-5-9-20)21-10-6-3-7-11-21/h2-11,22-23,25H,12-18H2,1H3,(H,32,33)/t22-,23?/m0/s1. The van der Waals surface area contributed by atoms with Gasteiger partial charge in [-0.15, -0.1) is 0 Å². The SMILES string of the molecule is CC(=O)OCCC(=O)N1CCN2C(C(c3ccccc3)c3ccccc3)CN(C(=O)O)C[C@@H]2C1. The summed E-state index contributed by atoms with van der Waals surface area (Å²) in [6.07, 6.45) is -0.808. The lowest BCUT2D eigenvalue weighted by atomic mass is 9.82. The van der Waals surface area contributed by atoms with Gasteiger partial charge in [-0.25, -0.2) is 4.79 Å². The van der Waals surface area contributed by atoms with Crippen LogP contribution in [-0.4, -0.2) is 89.2 Å². The van der Waals surface area contributed by atoms with Crippen LogP contribution in [-0.2, 0) is 14.3 Å². The number of benzene rings is 2. The van der Waals surface area contributed by atoms with Gasteiger partial charge in [0.25, 0.3) is 0 Å². The number of rotatable bonds is 6.